The maximum atomic E-state index is 11.9. The van der Waals surface area contributed by atoms with Crippen molar-refractivity contribution in [1.82, 2.24) is 15.5 Å². The van der Waals surface area contributed by atoms with Crippen molar-refractivity contribution >= 4 is 12.5 Å². The van der Waals surface area contributed by atoms with E-state index in [0.717, 1.165) is 19.6 Å². The Hall–Kier alpha value is -1.34. The minimum Gasteiger partial charge on any atom is -0.483 e. The lowest BCUT2D eigenvalue weighted by Crippen LogP contribution is -2.51. The second-order valence-corrected chi connectivity index (χ2v) is 5.99. The van der Waals surface area contributed by atoms with E-state index < -0.39 is 0 Å². The lowest BCUT2D eigenvalue weighted by Gasteiger charge is -2.39. The van der Waals surface area contributed by atoms with E-state index in [-0.39, 0.29) is 24.5 Å². The number of aliphatic hydroxyl groups excluding tert-OH is 1. The number of carboxylic acid groups (broad SMARTS) is 1. The number of hydrogen-bond donors (Lipinski definition) is 4. The number of nitrogens with one attached hydrogen (secondary N) is 2. The first kappa shape index (κ1) is 16.7. The fourth-order valence-electron chi connectivity index (χ4n) is 3.03. The van der Waals surface area contributed by atoms with Gasteiger partial charge in [-0.25, -0.2) is 4.79 Å². The number of carbonyl (C=O) groups excluding carboxylic acids is 1. The van der Waals surface area contributed by atoms with Gasteiger partial charge in [0.2, 0.25) is 0 Å². The first-order chi connectivity index (χ1) is 9.44. The number of rotatable bonds is 2. The predicted molar refractivity (Wildman–Crippen MR) is 74.4 cm³/mol. The molecule has 7 heteroatoms. The highest BCUT2D eigenvalue weighted by molar-refractivity contribution is 5.74. The van der Waals surface area contributed by atoms with Gasteiger partial charge in [0, 0.05) is 32.2 Å². The molecule has 116 valence electrons. The van der Waals surface area contributed by atoms with Crippen LogP contribution in [0.3, 0.4) is 0 Å². The van der Waals surface area contributed by atoms with Crippen LogP contribution in [0.1, 0.15) is 20.3 Å². The van der Waals surface area contributed by atoms with Gasteiger partial charge in [0.05, 0.1) is 6.61 Å². The zero-order valence-corrected chi connectivity index (χ0v) is 12.1. The van der Waals surface area contributed by atoms with Gasteiger partial charge in [-0.3, -0.25) is 4.79 Å². The summed E-state index contributed by atoms with van der Waals surface area (Å²) in [5.41, 5.74) is 0.259. The molecule has 20 heavy (non-hydrogen) atoms. The summed E-state index contributed by atoms with van der Waals surface area (Å²) in [7, 11) is 0. The predicted octanol–water partition coefficient (Wildman–Crippen LogP) is -0.291. The van der Waals surface area contributed by atoms with Crippen LogP contribution >= 0.6 is 0 Å². The largest absolute Gasteiger partial charge is 0.483 e. The molecule has 4 N–H and O–H groups in total. The number of nitrogens with zero attached hydrogens (tertiary/aromatic N) is 1. The summed E-state index contributed by atoms with van der Waals surface area (Å²) in [6, 6.07) is 0.330. The van der Waals surface area contributed by atoms with Gasteiger partial charge in [0.1, 0.15) is 0 Å². The Labute approximate surface area is 119 Å². The fourth-order valence-corrected chi connectivity index (χ4v) is 3.03. The summed E-state index contributed by atoms with van der Waals surface area (Å²) in [5.74, 6) is 0.545. The van der Waals surface area contributed by atoms with E-state index in [1.165, 1.54) is 6.42 Å². The topological polar surface area (TPSA) is 102 Å². The third-order valence-electron chi connectivity index (χ3n) is 3.97. The molecule has 2 bridgehead atoms. The number of urea groups is 1. The first-order valence-electron chi connectivity index (χ1n) is 6.89. The molecule has 2 unspecified atom stereocenters. The molecule has 0 aromatic heterocycles. The average molecular weight is 287 g/mol. The second kappa shape index (κ2) is 7.44. The van der Waals surface area contributed by atoms with Crippen LogP contribution in [0.25, 0.3) is 0 Å². The minimum atomic E-state index is -0.250. The summed E-state index contributed by atoms with van der Waals surface area (Å²) < 4.78 is 0. The van der Waals surface area contributed by atoms with Gasteiger partial charge in [-0.15, -0.1) is 0 Å². The molecule has 0 spiro atoms. The molecule has 3 fully saturated rings. The minimum absolute atomic E-state index is 0.00379. The number of fused-ring (bicyclic) bond motifs is 4. The molecule has 2 atom stereocenters. The molecule has 3 saturated heterocycles. The molecular weight excluding hydrogens is 262 g/mol. The molecule has 0 radical (unpaired) electrons. The summed E-state index contributed by atoms with van der Waals surface area (Å²) in [6.07, 6.45) is 1.18. The average Bonchev–Trinajstić information content (AvgIpc) is 2.65. The molecule has 0 aromatic carbocycles. The van der Waals surface area contributed by atoms with Crippen molar-refractivity contribution in [3.63, 3.8) is 0 Å². The Balaban J connectivity index is 0.000000612. The molecule has 2 amide bonds. The maximum absolute atomic E-state index is 11.9. The van der Waals surface area contributed by atoms with Crippen molar-refractivity contribution in [3.8, 4) is 0 Å². The highest BCUT2D eigenvalue weighted by atomic mass is 16.3. The third-order valence-corrected chi connectivity index (χ3v) is 3.97. The summed E-state index contributed by atoms with van der Waals surface area (Å²) >= 11 is 0. The van der Waals surface area contributed by atoms with Crippen molar-refractivity contribution in [2.45, 2.75) is 26.3 Å². The number of hydrogen-bond acceptors (Lipinski definition) is 4. The van der Waals surface area contributed by atoms with E-state index in [1.54, 1.807) is 0 Å². The Bertz CT molecular complexity index is 336. The van der Waals surface area contributed by atoms with Crippen molar-refractivity contribution in [2.75, 3.05) is 32.8 Å². The van der Waals surface area contributed by atoms with Crippen LogP contribution in [0.15, 0.2) is 0 Å². The van der Waals surface area contributed by atoms with Crippen LogP contribution in [0.4, 0.5) is 4.79 Å². The highest BCUT2D eigenvalue weighted by Gasteiger charge is 2.42. The lowest BCUT2D eigenvalue weighted by atomic mass is 9.75. The monoisotopic (exact) mass is 287 g/mol. The van der Waals surface area contributed by atoms with Gasteiger partial charge >= 0.3 is 6.03 Å². The van der Waals surface area contributed by atoms with E-state index >= 15 is 0 Å². The molecule has 0 saturated carbocycles. The lowest BCUT2D eigenvalue weighted by molar-refractivity contribution is -0.122. The molecule has 3 heterocycles. The number of aliphatic hydroxyl groups is 1. The Morgan fingerprint density at radius 3 is 2.70 bits per heavy atom. The van der Waals surface area contributed by atoms with Crippen molar-refractivity contribution in [3.05, 3.63) is 0 Å². The molecular formula is C13H25N3O4. The van der Waals surface area contributed by atoms with Crippen LogP contribution in [-0.2, 0) is 4.79 Å². The molecule has 3 aliphatic heterocycles. The van der Waals surface area contributed by atoms with E-state index in [9.17, 15) is 4.79 Å². The quantitative estimate of drug-likeness (QED) is 0.523. The van der Waals surface area contributed by atoms with E-state index in [1.807, 2.05) is 4.90 Å². The Morgan fingerprint density at radius 2 is 2.15 bits per heavy atom. The summed E-state index contributed by atoms with van der Waals surface area (Å²) in [5, 5.41) is 21.9. The van der Waals surface area contributed by atoms with Gasteiger partial charge in [0.25, 0.3) is 6.47 Å². The van der Waals surface area contributed by atoms with Crippen LogP contribution in [0, 0.1) is 11.3 Å². The summed E-state index contributed by atoms with van der Waals surface area (Å²) in [6.45, 7) is 7.22. The van der Waals surface area contributed by atoms with Crippen molar-refractivity contribution in [2.24, 2.45) is 11.3 Å². The fraction of sp³-hybridized carbons (Fsp3) is 0.846. The van der Waals surface area contributed by atoms with Gasteiger partial charge in [-0.1, -0.05) is 13.8 Å². The van der Waals surface area contributed by atoms with Crippen molar-refractivity contribution in [1.29, 1.82) is 0 Å². The van der Waals surface area contributed by atoms with Crippen LogP contribution < -0.4 is 10.6 Å². The molecule has 7 nitrogen and oxygen atoms in total. The molecule has 3 rings (SSSR count). The maximum Gasteiger partial charge on any atom is 0.317 e. The normalized spacial score (nSPS) is 27.1. The van der Waals surface area contributed by atoms with Crippen LogP contribution in [-0.4, -0.2) is 66.4 Å². The van der Waals surface area contributed by atoms with E-state index in [2.05, 4.69) is 24.5 Å². The molecule has 0 aliphatic carbocycles. The standard InChI is InChI=1S/C12H23N3O2.CH2O2/c1-12(2)5-9-6-14-10(12)8-15(7-9)11(17)13-3-4-16;2-1-3/h9-10,14,16H,3-8H2,1-2H3,(H,13,17);1H,(H,2,3). The van der Waals surface area contributed by atoms with Gasteiger partial charge in [-0.05, 0) is 17.8 Å². The zero-order valence-electron chi connectivity index (χ0n) is 12.1. The van der Waals surface area contributed by atoms with Crippen LogP contribution in [0.5, 0.6) is 0 Å². The van der Waals surface area contributed by atoms with Gasteiger partial charge in [0.15, 0.2) is 0 Å². The third kappa shape index (κ3) is 4.35. The molecule has 0 aromatic rings. The smallest absolute Gasteiger partial charge is 0.317 e. The SMILES string of the molecule is CC1(C)CC2CNC1CN(C(=O)NCCO)C2.O=CO. The highest BCUT2D eigenvalue weighted by Crippen LogP contribution is 2.36. The number of carbonyl (C=O) groups is 2. The zero-order chi connectivity index (χ0) is 15.2. The molecule has 3 aliphatic rings. The second-order valence-electron chi connectivity index (χ2n) is 5.99. The first-order valence-corrected chi connectivity index (χ1v) is 6.89. The van der Waals surface area contributed by atoms with E-state index in [4.69, 9.17) is 15.0 Å². The summed E-state index contributed by atoms with van der Waals surface area (Å²) in [4.78, 5) is 22.2. The van der Waals surface area contributed by atoms with E-state index in [0.29, 0.717) is 18.5 Å². The Morgan fingerprint density at radius 1 is 1.50 bits per heavy atom. The van der Waals surface area contributed by atoms with Gasteiger partial charge < -0.3 is 25.7 Å². The number of piperidine rings is 1. The van der Waals surface area contributed by atoms with Gasteiger partial charge in [-0.2, -0.15) is 0 Å². The Kier molecular flexibility index (Phi) is 6.22. The van der Waals surface area contributed by atoms with Crippen molar-refractivity contribution < 1.29 is 19.8 Å². The van der Waals surface area contributed by atoms with Crippen LogP contribution in [0.2, 0.25) is 0 Å². The number of amides is 2.